The van der Waals surface area contributed by atoms with Gasteiger partial charge in [0.05, 0.1) is 4.90 Å². The van der Waals surface area contributed by atoms with Crippen molar-refractivity contribution in [2.24, 2.45) is 0 Å². The van der Waals surface area contributed by atoms with Crippen molar-refractivity contribution in [2.75, 3.05) is 27.2 Å². The Morgan fingerprint density at radius 1 is 1.07 bits per heavy atom. The lowest BCUT2D eigenvalue weighted by Gasteiger charge is -2.42. The molecule has 2 aromatic rings. The zero-order valence-electron chi connectivity index (χ0n) is 17.7. The molecule has 162 valence electrons. The number of rotatable bonds is 6. The lowest BCUT2D eigenvalue weighted by atomic mass is 9.82. The molecular weight excluding hydrogens is 402 g/mol. The molecule has 0 unspecified atom stereocenters. The van der Waals surface area contributed by atoms with Crippen molar-refractivity contribution < 1.29 is 17.5 Å². The fourth-order valence-electron chi connectivity index (χ4n) is 3.55. The van der Waals surface area contributed by atoms with E-state index in [9.17, 15) is 13.2 Å². The van der Waals surface area contributed by atoms with Crippen LogP contribution in [-0.4, -0.2) is 57.1 Å². The number of carbonyl (C=O) groups excluding carboxylic acids is 1. The van der Waals surface area contributed by atoms with Gasteiger partial charge in [0.25, 0.3) is 0 Å². The van der Waals surface area contributed by atoms with Gasteiger partial charge in [-0.1, -0.05) is 48.0 Å². The molecule has 2 amide bonds. The summed E-state index contributed by atoms with van der Waals surface area (Å²) in [5.41, 5.74) is 1.64. The SMILES string of the molecule is Cc1ccc(S(=O)(=O)ON2CCC(Cc3ccccc3)(NC(=O)N(C)C)CC2)cc1. The molecule has 8 heteroatoms. The number of carbonyl (C=O) groups is 1. The van der Waals surface area contributed by atoms with E-state index in [2.05, 4.69) is 5.32 Å². The third kappa shape index (κ3) is 5.59. The molecule has 0 bridgehead atoms. The molecule has 1 aliphatic heterocycles. The van der Waals surface area contributed by atoms with Gasteiger partial charge >= 0.3 is 16.1 Å². The Labute approximate surface area is 178 Å². The fourth-order valence-corrected chi connectivity index (χ4v) is 4.53. The van der Waals surface area contributed by atoms with Crippen molar-refractivity contribution >= 4 is 16.1 Å². The van der Waals surface area contributed by atoms with Crippen molar-refractivity contribution in [1.82, 2.24) is 15.3 Å². The Hall–Kier alpha value is -2.42. The van der Waals surface area contributed by atoms with Crippen LogP contribution >= 0.6 is 0 Å². The monoisotopic (exact) mass is 431 g/mol. The normalized spacial score (nSPS) is 16.8. The molecule has 0 spiro atoms. The van der Waals surface area contributed by atoms with Gasteiger partial charge in [0.2, 0.25) is 0 Å². The van der Waals surface area contributed by atoms with Gasteiger partial charge in [-0.05, 0) is 43.9 Å². The third-order valence-electron chi connectivity index (χ3n) is 5.36. The number of benzene rings is 2. The molecule has 3 rings (SSSR count). The van der Waals surface area contributed by atoms with Crippen LogP contribution in [0.1, 0.15) is 24.0 Å². The van der Waals surface area contributed by atoms with E-state index >= 15 is 0 Å². The summed E-state index contributed by atoms with van der Waals surface area (Å²) in [4.78, 5) is 14.0. The van der Waals surface area contributed by atoms with E-state index in [1.165, 1.54) is 9.96 Å². The topological polar surface area (TPSA) is 79.0 Å². The second-order valence-electron chi connectivity index (χ2n) is 8.04. The highest BCUT2D eigenvalue weighted by Crippen LogP contribution is 2.28. The van der Waals surface area contributed by atoms with Crippen LogP contribution in [-0.2, 0) is 20.8 Å². The van der Waals surface area contributed by atoms with E-state index in [-0.39, 0.29) is 10.9 Å². The van der Waals surface area contributed by atoms with Gasteiger partial charge in [0.1, 0.15) is 0 Å². The smallest absolute Gasteiger partial charge is 0.317 e. The molecule has 0 radical (unpaired) electrons. The number of nitrogens with one attached hydrogen (secondary N) is 1. The van der Waals surface area contributed by atoms with Crippen LogP contribution in [0.25, 0.3) is 0 Å². The average Bonchev–Trinajstić information content (AvgIpc) is 2.71. The van der Waals surface area contributed by atoms with Crippen LogP contribution in [0.4, 0.5) is 4.79 Å². The highest BCUT2D eigenvalue weighted by Gasteiger charge is 2.38. The Morgan fingerprint density at radius 2 is 1.67 bits per heavy atom. The van der Waals surface area contributed by atoms with Gasteiger partial charge in [0, 0.05) is 32.7 Å². The molecule has 0 aromatic heterocycles. The minimum absolute atomic E-state index is 0.134. The van der Waals surface area contributed by atoms with E-state index in [1.54, 1.807) is 38.4 Å². The van der Waals surface area contributed by atoms with Crippen LogP contribution < -0.4 is 5.32 Å². The first kappa shape index (κ1) is 22.3. The van der Waals surface area contributed by atoms with Crippen molar-refractivity contribution in [3.63, 3.8) is 0 Å². The van der Waals surface area contributed by atoms with Gasteiger partial charge < -0.3 is 10.2 Å². The first-order valence-electron chi connectivity index (χ1n) is 9.99. The molecular formula is C22H29N3O4S. The van der Waals surface area contributed by atoms with E-state index in [0.717, 1.165) is 11.1 Å². The molecule has 1 heterocycles. The van der Waals surface area contributed by atoms with Crippen LogP contribution in [0.2, 0.25) is 0 Å². The Balaban J connectivity index is 1.70. The second-order valence-corrected chi connectivity index (χ2v) is 9.57. The molecule has 1 saturated heterocycles. The number of amides is 2. The van der Waals surface area contributed by atoms with Crippen molar-refractivity contribution in [1.29, 1.82) is 0 Å². The van der Waals surface area contributed by atoms with Crippen molar-refractivity contribution in [2.45, 2.75) is 36.6 Å². The Kier molecular flexibility index (Phi) is 6.80. The van der Waals surface area contributed by atoms with Crippen LogP contribution in [0.5, 0.6) is 0 Å². The van der Waals surface area contributed by atoms with Crippen LogP contribution in [0.3, 0.4) is 0 Å². The van der Waals surface area contributed by atoms with Gasteiger partial charge in [-0.15, -0.1) is 0 Å². The number of urea groups is 1. The molecule has 30 heavy (non-hydrogen) atoms. The number of hydroxylamine groups is 2. The Bertz CT molecular complexity index is 952. The highest BCUT2D eigenvalue weighted by atomic mass is 32.2. The van der Waals surface area contributed by atoms with Crippen molar-refractivity contribution in [3.8, 4) is 0 Å². The molecule has 0 saturated carbocycles. The second kappa shape index (κ2) is 9.16. The molecule has 0 atom stereocenters. The van der Waals surface area contributed by atoms with E-state index in [4.69, 9.17) is 4.28 Å². The molecule has 7 nitrogen and oxygen atoms in total. The summed E-state index contributed by atoms with van der Waals surface area (Å²) in [6.07, 6.45) is 1.82. The third-order valence-corrected chi connectivity index (χ3v) is 6.61. The van der Waals surface area contributed by atoms with Crippen LogP contribution in [0.15, 0.2) is 59.5 Å². The minimum Gasteiger partial charge on any atom is -0.332 e. The maximum Gasteiger partial charge on any atom is 0.317 e. The quantitative estimate of drug-likeness (QED) is 0.761. The van der Waals surface area contributed by atoms with Gasteiger partial charge in [-0.2, -0.15) is 17.8 Å². The number of aryl methyl sites for hydroxylation is 1. The maximum absolute atomic E-state index is 12.6. The van der Waals surface area contributed by atoms with Crippen molar-refractivity contribution in [3.05, 3.63) is 65.7 Å². The molecule has 1 fully saturated rings. The molecule has 1 aliphatic rings. The van der Waals surface area contributed by atoms with E-state index in [1.807, 2.05) is 37.3 Å². The predicted octanol–water partition coefficient (Wildman–Crippen LogP) is 2.96. The standard InChI is InChI=1S/C22H29N3O4S/c1-18-9-11-20(12-10-18)30(27,28)29-25-15-13-22(14-16-25,23-21(26)24(2)3)17-19-7-5-4-6-8-19/h4-12H,13-17H2,1-3H3,(H,23,26). The largest absolute Gasteiger partial charge is 0.332 e. The lowest BCUT2D eigenvalue weighted by Crippen LogP contribution is -2.58. The lowest BCUT2D eigenvalue weighted by molar-refractivity contribution is -0.0823. The zero-order chi connectivity index (χ0) is 21.8. The number of nitrogens with zero attached hydrogens (tertiary/aromatic N) is 2. The van der Waals surface area contributed by atoms with Gasteiger partial charge in [-0.25, -0.2) is 4.79 Å². The fraction of sp³-hybridized carbons (Fsp3) is 0.409. The summed E-state index contributed by atoms with van der Waals surface area (Å²) in [5.74, 6) is 0. The van der Waals surface area contributed by atoms with E-state index in [0.29, 0.717) is 32.4 Å². The summed E-state index contributed by atoms with van der Waals surface area (Å²) >= 11 is 0. The highest BCUT2D eigenvalue weighted by molar-refractivity contribution is 7.86. The maximum atomic E-state index is 12.6. The summed E-state index contributed by atoms with van der Waals surface area (Å²) in [6.45, 7) is 2.69. The van der Waals surface area contributed by atoms with Gasteiger partial charge in [-0.3, -0.25) is 0 Å². The predicted molar refractivity (Wildman–Crippen MR) is 115 cm³/mol. The molecule has 2 aromatic carbocycles. The zero-order valence-corrected chi connectivity index (χ0v) is 18.5. The van der Waals surface area contributed by atoms with Crippen LogP contribution in [0, 0.1) is 6.92 Å². The minimum atomic E-state index is -3.88. The number of hydrogen-bond donors (Lipinski definition) is 1. The van der Waals surface area contributed by atoms with E-state index < -0.39 is 15.7 Å². The Morgan fingerprint density at radius 3 is 2.23 bits per heavy atom. The summed E-state index contributed by atoms with van der Waals surface area (Å²) in [7, 11) is -0.466. The summed E-state index contributed by atoms with van der Waals surface area (Å²) in [5, 5.41) is 4.63. The average molecular weight is 432 g/mol. The molecule has 1 N–H and O–H groups in total. The molecule has 0 aliphatic carbocycles. The summed E-state index contributed by atoms with van der Waals surface area (Å²) < 4.78 is 30.6. The number of hydrogen-bond acceptors (Lipinski definition) is 5. The van der Waals surface area contributed by atoms with Gasteiger partial charge in [0.15, 0.2) is 0 Å². The number of piperidine rings is 1. The summed E-state index contributed by atoms with van der Waals surface area (Å²) in [6, 6.07) is 16.4. The first-order valence-corrected chi connectivity index (χ1v) is 11.4. The first-order chi connectivity index (χ1) is 14.2.